The van der Waals surface area contributed by atoms with E-state index in [2.05, 4.69) is 0 Å². The Morgan fingerprint density at radius 2 is 2.31 bits per heavy atom. The number of nitrogens with zero attached hydrogens (tertiary/aromatic N) is 1. The van der Waals surface area contributed by atoms with E-state index in [9.17, 15) is 10.1 Å². The van der Waals surface area contributed by atoms with E-state index in [1.165, 1.54) is 7.11 Å². The Balaban J connectivity index is 3.02. The second-order valence-electron chi connectivity index (χ2n) is 2.97. The van der Waals surface area contributed by atoms with E-state index < -0.39 is 4.92 Å². The summed E-state index contributed by atoms with van der Waals surface area (Å²) in [4.78, 5) is 9.48. The second kappa shape index (κ2) is 4.92. The molecule has 0 spiro atoms. The van der Waals surface area contributed by atoms with Crippen LogP contribution in [0.5, 0.6) is 5.75 Å². The molecule has 0 aromatic heterocycles. The fraction of sp³-hybridized carbons (Fsp3) is 0.100. The van der Waals surface area contributed by atoms with Gasteiger partial charge in [-0.2, -0.15) is 0 Å². The van der Waals surface area contributed by atoms with E-state index in [-0.39, 0.29) is 5.71 Å². The summed E-state index contributed by atoms with van der Waals surface area (Å²) in [6.45, 7) is 0. The van der Waals surface area contributed by atoms with Crippen molar-refractivity contribution in [1.82, 2.24) is 0 Å². The molecule has 6 nitrogen and oxygen atoms in total. The summed E-state index contributed by atoms with van der Waals surface area (Å²) in [6.07, 6.45) is 1.77. The van der Waals surface area contributed by atoms with Crippen LogP contribution in [0.15, 0.2) is 30.5 Å². The average molecular weight is 221 g/mol. The van der Waals surface area contributed by atoms with E-state index in [1.807, 2.05) is 0 Å². The van der Waals surface area contributed by atoms with Crippen LogP contribution in [0.3, 0.4) is 0 Å². The molecule has 16 heavy (non-hydrogen) atoms. The number of anilines is 1. The highest BCUT2D eigenvalue weighted by atomic mass is 16.6. The molecule has 6 heteroatoms. The first-order valence-corrected chi connectivity index (χ1v) is 4.38. The van der Waals surface area contributed by atoms with Crippen molar-refractivity contribution in [1.29, 1.82) is 5.41 Å². The Bertz CT molecular complexity index is 455. The van der Waals surface area contributed by atoms with Crippen LogP contribution in [0.25, 0.3) is 0 Å². The van der Waals surface area contributed by atoms with Gasteiger partial charge in [-0.25, -0.2) is 0 Å². The number of nitro groups is 1. The summed E-state index contributed by atoms with van der Waals surface area (Å²) in [7, 11) is 1.49. The van der Waals surface area contributed by atoms with Crippen molar-refractivity contribution in [3.63, 3.8) is 0 Å². The van der Waals surface area contributed by atoms with Crippen LogP contribution in [-0.2, 0) is 0 Å². The lowest BCUT2D eigenvalue weighted by atomic mass is 10.1. The van der Waals surface area contributed by atoms with Crippen LogP contribution in [-0.4, -0.2) is 17.7 Å². The van der Waals surface area contributed by atoms with Crippen LogP contribution in [0.4, 0.5) is 5.69 Å². The van der Waals surface area contributed by atoms with Crippen molar-refractivity contribution in [3.05, 3.63) is 46.2 Å². The molecule has 1 aromatic rings. The number of hydrogen-bond donors (Lipinski definition) is 2. The number of rotatable bonds is 4. The van der Waals surface area contributed by atoms with Crippen LogP contribution in [0.2, 0.25) is 0 Å². The van der Waals surface area contributed by atoms with Gasteiger partial charge in [0, 0.05) is 17.3 Å². The Labute approximate surface area is 92.0 Å². The van der Waals surface area contributed by atoms with E-state index in [1.54, 1.807) is 18.2 Å². The summed E-state index contributed by atoms with van der Waals surface area (Å²) in [6, 6.07) is 4.80. The quantitative estimate of drug-likeness (QED) is 0.347. The minimum Gasteiger partial charge on any atom is -0.497 e. The van der Waals surface area contributed by atoms with Crippen molar-refractivity contribution < 1.29 is 9.66 Å². The standard InChI is InChI=1S/C10H11N3O3/c1-16-7-2-3-9(11)8(6-7)10(12)4-5-13(14)15/h2-6,12H,11H2,1H3/b5-4+,12-10?. The van der Waals surface area contributed by atoms with Gasteiger partial charge in [0.2, 0.25) is 6.20 Å². The summed E-state index contributed by atoms with van der Waals surface area (Å²) < 4.78 is 4.98. The summed E-state index contributed by atoms with van der Waals surface area (Å²) >= 11 is 0. The first kappa shape index (κ1) is 11.7. The molecule has 0 unspecified atom stereocenters. The van der Waals surface area contributed by atoms with Crippen LogP contribution >= 0.6 is 0 Å². The fourth-order valence-electron chi connectivity index (χ4n) is 1.12. The number of benzene rings is 1. The molecule has 3 N–H and O–H groups in total. The first-order chi connectivity index (χ1) is 7.54. The molecule has 1 aromatic carbocycles. The van der Waals surface area contributed by atoms with E-state index in [0.29, 0.717) is 23.2 Å². The SMILES string of the molecule is COc1ccc(N)c(C(=N)/C=C/[N+](=O)[O-])c1. The van der Waals surface area contributed by atoms with Gasteiger partial charge in [-0.15, -0.1) is 0 Å². The Morgan fingerprint density at radius 1 is 1.62 bits per heavy atom. The summed E-state index contributed by atoms with van der Waals surface area (Å²) in [5.74, 6) is 0.545. The third kappa shape index (κ3) is 2.81. The van der Waals surface area contributed by atoms with Gasteiger partial charge in [-0.05, 0) is 18.2 Å². The number of hydrogen-bond acceptors (Lipinski definition) is 5. The molecule has 0 radical (unpaired) electrons. The lowest BCUT2D eigenvalue weighted by Gasteiger charge is -2.06. The maximum absolute atomic E-state index is 10.1. The van der Waals surface area contributed by atoms with Gasteiger partial charge in [-0.1, -0.05) is 0 Å². The molecule has 0 fully saturated rings. The normalized spacial score (nSPS) is 10.3. The molecule has 0 atom stereocenters. The molecule has 0 aliphatic rings. The number of allylic oxidation sites excluding steroid dienone is 1. The van der Waals surface area contributed by atoms with E-state index in [4.69, 9.17) is 15.9 Å². The van der Waals surface area contributed by atoms with Crippen molar-refractivity contribution in [2.24, 2.45) is 0 Å². The Kier molecular flexibility index (Phi) is 3.60. The molecule has 0 bridgehead atoms. The average Bonchev–Trinajstić information content (AvgIpc) is 2.26. The van der Waals surface area contributed by atoms with Crippen molar-refractivity contribution in [2.75, 3.05) is 12.8 Å². The minimum absolute atomic E-state index is 0.0342. The number of ether oxygens (including phenoxy) is 1. The van der Waals surface area contributed by atoms with Gasteiger partial charge in [-0.3, -0.25) is 15.5 Å². The molecule has 0 aliphatic heterocycles. The number of nitrogens with two attached hydrogens (primary N) is 1. The molecule has 0 saturated carbocycles. The summed E-state index contributed by atoms with van der Waals surface area (Å²) in [5, 5.41) is 17.7. The van der Waals surface area contributed by atoms with E-state index >= 15 is 0 Å². The highest BCUT2D eigenvalue weighted by Crippen LogP contribution is 2.20. The molecule has 84 valence electrons. The number of nitrogens with one attached hydrogen (secondary N) is 1. The zero-order valence-electron chi connectivity index (χ0n) is 8.64. The zero-order valence-corrected chi connectivity index (χ0v) is 8.64. The molecule has 0 amide bonds. The Morgan fingerprint density at radius 3 is 2.88 bits per heavy atom. The van der Waals surface area contributed by atoms with Crippen molar-refractivity contribution in [3.8, 4) is 5.75 Å². The number of nitrogen functional groups attached to an aromatic ring is 1. The maximum Gasteiger partial charge on any atom is 0.236 e. The lowest BCUT2D eigenvalue weighted by Crippen LogP contribution is -2.02. The van der Waals surface area contributed by atoms with Gasteiger partial charge in [0.25, 0.3) is 0 Å². The molecular formula is C10H11N3O3. The molecule has 1 rings (SSSR count). The maximum atomic E-state index is 10.1. The number of methoxy groups -OCH3 is 1. The summed E-state index contributed by atoms with van der Waals surface area (Å²) in [5.41, 5.74) is 6.39. The van der Waals surface area contributed by atoms with Gasteiger partial charge in [0.15, 0.2) is 0 Å². The van der Waals surface area contributed by atoms with E-state index in [0.717, 1.165) is 6.08 Å². The molecule has 0 heterocycles. The molecule has 0 saturated heterocycles. The monoisotopic (exact) mass is 221 g/mol. The highest BCUT2D eigenvalue weighted by Gasteiger charge is 2.06. The van der Waals surface area contributed by atoms with Crippen LogP contribution in [0, 0.1) is 15.5 Å². The van der Waals surface area contributed by atoms with Gasteiger partial charge >= 0.3 is 0 Å². The smallest absolute Gasteiger partial charge is 0.236 e. The first-order valence-electron chi connectivity index (χ1n) is 4.38. The Hall–Kier alpha value is -2.37. The highest BCUT2D eigenvalue weighted by molar-refractivity contribution is 6.10. The third-order valence-corrected chi connectivity index (χ3v) is 1.91. The van der Waals surface area contributed by atoms with Crippen LogP contribution in [0.1, 0.15) is 5.56 Å². The van der Waals surface area contributed by atoms with Gasteiger partial charge < -0.3 is 10.5 Å². The molecule has 0 aliphatic carbocycles. The third-order valence-electron chi connectivity index (χ3n) is 1.91. The fourth-order valence-corrected chi connectivity index (χ4v) is 1.12. The topological polar surface area (TPSA) is 102 Å². The largest absolute Gasteiger partial charge is 0.497 e. The minimum atomic E-state index is -0.634. The molecular weight excluding hydrogens is 210 g/mol. The second-order valence-corrected chi connectivity index (χ2v) is 2.97. The zero-order chi connectivity index (χ0) is 12.1. The van der Waals surface area contributed by atoms with Crippen molar-refractivity contribution in [2.45, 2.75) is 0 Å². The van der Waals surface area contributed by atoms with Gasteiger partial charge in [0.1, 0.15) is 5.75 Å². The predicted octanol–water partition coefficient (Wildman–Crippen LogP) is 1.44. The van der Waals surface area contributed by atoms with Crippen LogP contribution < -0.4 is 10.5 Å². The van der Waals surface area contributed by atoms with Gasteiger partial charge in [0.05, 0.1) is 17.7 Å². The predicted molar refractivity (Wildman–Crippen MR) is 60.4 cm³/mol. The lowest BCUT2D eigenvalue weighted by molar-refractivity contribution is -0.402. The van der Waals surface area contributed by atoms with Crippen molar-refractivity contribution >= 4 is 11.4 Å².